The van der Waals surface area contributed by atoms with Gasteiger partial charge in [0.1, 0.15) is 0 Å². The molecule has 0 saturated carbocycles. The van der Waals surface area contributed by atoms with E-state index in [4.69, 9.17) is 4.74 Å². The first-order valence-corrected chi connectivity index (χ1v) is 5.46. The molecule has 0 atom stereocenters. The predicted molar refractivity (Wildman–Crippen MR) is 56.2 cm³/mol. The Kier molecular flexibility index (Phi) is 4.12. The molecule has 0 radical (unpaired) electrons. The van der Waals surface area contributed by atoms with Gasteiger partial charge in [-0.3, -0.25) is 9.59 Å². The summed E-state index contributed by atoms with van der Waals surface area (Å²) >= 11 is 0. The van der Waals surface area contributed by atoms with Crippen LogP contribution in [0.1, 0.15) is 33.6 Å². The minimum Gasteiger partial charge on any atom is -0.463 e. The van der Waals surface area contributed by atoms with Gasteiger partial charge in [-0.25, -0.2) is 0 Å². The molecular weight excluding hydrogens is 194 g/mol. The predicted octanol–water partition coefficient (Wildman–Crippen LogP) is 1.20. The fraction of sp³-hybridized carbons (Fsp3) is 0.818. The summed E-state index contributed by atoms with van der Waals surface area (Å²) in [5, 5.41) is 0. The molecule has 0 aromatic carbocycles. The van der Waals surface area contributed by atoms with E-state index in [9.17, 15) is 9.59 Å². The van der Waals surface area contributed by atoms with Crippen LogP contribution in [-0.4, -0.2) is 36.0 Å². The minimum absolute atomic E-state index is 0.0250. The number of hydrogen-bond acceptors (Lipinski definition) is 3. The highest BCUT2D eigenvalue weighted by Crippen LogP contribution is 2.19. The average Bonchev–Trinajstić information content (AvgIpc) is 2.17. The largest absolute Gasteiger partial charge is 0.463 e. The maximum Gasteiger partial charge on any atom is 0.309 e. The van der Waals surface area contributed by atoms with Crippen LogP contribution in [0.4, 0.5) is 0 Å². The van der Waals surface area contributed by atoms with Gasteiger partial charge in [-0.2, -0.15) is 0 Å². The molecule has 1 fully saturated rings. The Balaban J connectivity index is 2.37. The van der Waals surface area contributed by atoms with Gasteiger partial charge in [0.25, 0.3) is 0 Å². The number of carbonyl (C=O) groups is 2. The lowest BCUT2D eigenvalue weighted by atomic mass is 9.97. The van der Waals surface area contributed by atoms with E-state index in [0.717, 1.165) is 12.8 Å². The van der Waals surface area contributed by atoms with Crippen molar-refractivity contribution in [2.75, 3.05) is 13.1 Å². The summed E-state index contributed by atoms with van der Waals surface area (Å²) in [6, 6.07) is 0. The van der Waals surface area contributed by atoms with E-state index in [2.05, 4.69) is 0 Å². The zero-order valence-corrected chi connectivity index (χ0v) is 9.66. The summed E-state index contributed by atoms with van der Waals surface area (Å²) in [7, 11) is 0. The van der Waals surface area contributed by atoms with Gasteiger partial charge < -0.3 is 9.64 Å². The second-order valence-electron chi connectivity index (χ2n) is 4.27. The van der Waals surface area contributed by atoms with Gasteiger partial charge in [0.2, 0.25) is 5.91 Å². The third-order valence-corrected chi connectivity index (χ3v) is 2.63. The molecule has 0 unspecified atom stereocenters. The van der Waals surface area contributed by atoms with Crippen LogP contribution < -0.4 is 0 Å². The molecule has 86 valence electrons. The molecule has 4 heteroatoms. The van der Waals surface area contributed by atoms with Crippen molar-refractivity contribution in [2.45, 2.75) is 39.7 Å². The lowest BCUT2D eigenvalue weighted by Crippen LogP contribution is -2.39. The summed E-state index contributed by atoms with van der Waals surface area (Å²) in [4.78, 5) is 24.4. The molecule has 0 aromatic heterocycles. The van der Waals surface area contributed by atoms with Crippen LogP contribution in [0.15, 0.2) is 0 Å². The van der Waals surface area contributed by atoms with E-state index >= 15 is 0 Å². The summed E-state index contributed by atoms with van der Waals surface area (Å²) in [6.07, 6.45) is 1.40. The molecule has 0 spiro atoms. The van der Waals surface area contributed by atoms with Crippen molar-refractivity contribution in [1.82, 2.24) is 4.90 Å². The highest BCUT2D eigenvalue weighted by atomic mass is 16.5. The number of amides is 1. The Morgan fingerprint density at radius 1 is 1.27 bits per heavy atom. The number of nitrogens with zero attached hydrogens (tertiary/aromatic N) is 1. The molecule has 1 heterocycles. The van der Waals surface area contributed by atoms with Crippen molar-refractivity contribution in [3.63, 3.8) is 0 Å². The van der Waals surface area contributed by atoms with Crippen LogP contribution in [0, 0.1) is 5.92 Å². The van der Waals surface area contributed by atoms with Gasteiger partial charge in [0.15, 0.2) is 0 Å². The Hall–Kier alpha value is -1.06. The van der Waals surface area contributed by atoms with E-state index < -0.39 is 0 Å². The van der Waals surface area contributed by atoms with E-state index in [1.807, 2.05) is 13.8 Å². The van der Waals surface area contributed by atoms with E-state index in [1.165, 1.54) is 0 Å². The summed E-state index contributed by atoms with van der Waals surface area (Å²) in [5.74, 6) is -0.0538. The quantitative estimate of drug-likeness (QED) is 0.647. The lowest BCUT2D eigenvalue weighted by Gasteiger charge is -2.30. The number of likely N-dealkylation sites (tertiary alicyclic amines) is 1. The Morgan fingerprint density at radius 2 is 1.80 bits per heavy atom. The third kappa shape index (κ3) is 3.53. The van der Waals surface area contributed by atoms with Crippen LogP contribution in [0.5, 0.6) is 0 Å². The van der Waals surface area contributed by atoms with Crippen LogP contribution in [0.25, 0.3) is 0 Å². The molecule has 4 nitrogen and oxygen atoms in total. The van der Waals surface area contributed by atoms with Gasteiger partial charge in [0, 0.05) is 20.0 Å². The molecule has 1 saturated heterocycles. The average molecular weight is 213 g/mol. The van der Waals surface area contributed by atoms with Gasteiger partial charge in [-0.05, 0) is 26.7 Å². The van der Waals surface area contributed by atoms with Crippen molar-refractivity contribution in [1.29, 1.82) is 0 Å². The number of piperidine rings is 1. The zero-order valence-electron chi connectivity index (χ0n) is 9.66. The highest BCUT2D eigenvalue weighted by Gasteiger charge is 2.27. The fourth-order valence-corrected chi connectivity index (χ4v) is 1.76. The number of hydrogen-bond donors (Lipinski definition) is 0. The van der Waals surface area contributed by atoms with Crippen molar-refractivity contribution >= 4 is 11.9 Å². The first kappa shape index (κ1) is 12.0. The molecule has 1 aliphatic rings. The minimum atomic E-state index is -0.117. The molecular formula is C11H19NO3. The SMILES string of the molecule is CC(=O)N1CCC(C(=O)OC(C)C)CC1. The first-order valence-electron chi connectivity index (χ1n) is 5.46. The Bertz CT molecular complexity index is 242. The molecule has 0 aromatic rings. The van der Waals surface area contributed by atoms with E-state index in [1.54, 1.807) is 11.8 Å². The molecule has 15 heavy (non-hydrogen) atoms. The Labute approximate surface area is 90.6 Å². The Morgan fingerprint density at radius 3 is 2.20 bits per heavy atom. The zero-order chi connectivity index (χ0) is 11.4. The number of carbonyl (C=O) groups excluding carboxylic acids is 2. The molecule has 1 aliphatic heterocycles. The third-order valence-electron chi connectivity index (χ3n) is 2.63. The van der Waals surface area contributed by atoms with Crippen LogP contribution in [0.3, 0.4) is 0 Å². The van der Waals surface area contributed by atoms with Gasteiger partial charge in [0.05, 0.1) is 12.0 Å². The van der Waals surface area contributed by atoms with Crippen LogP contribution >= 0.6 is 0 Å². The van der Waals surface area contributed by atoms with Gasteiger partial charge in [-0.1, -0.05) is 0 Å². The van der Waals surface area contributed by atoms with E-state index in [-0.39, 0.29) is 23.9 Å². The monoisotopic (exact) mass is 213 g/mol. The molecule has 0 N–H and O–H groups in total. The summed E-state index contributed by atoms with van der Waals surface area (Å²) in [5.41, 5.74) is 0. The summed E-state index contributed by atoms with van der Waals surface area (Å²) in [6.45, 7) is 6.61. The first-order chi connectivity index (χ1) is 7.00. The van der Waals surface area contributed by atoms with Gasteiger partial charge in [-0.15, -0.1) is 0 Å². The van der Waals surface area contributed by atoms with Crippen LogP contribution in [-0.2, 0) is 14.3 Å². The molecule has 1 rings (SSSR count). The highest BCUT2D eigenvalue weighted by molar-refractivity contribution is 5.75. The second-order valence-corrected chi connectivity index (χ2v) is 4.27. The lowest BCUT2D eigenvalue weighted by molar-refractivity contribution is -0.155. The maximum atomic E-state index is 11.6. The van der Waals surface area contributed by atoms with Crippen molar-refractivity contribution in [2.24, 2.45) is 5.92 Å². The normalized spacial score (nSPS) is 18.0. The van der Waals surface area contributed by atoms with Gasteiger partial charge >= 0.3 is 5.97 Å². The number of esters is 1. The van der Waals surface area contributed by atoms with Crippen molar-refractivity contribution < 1.29 is 14.3 Å². The van der Waals surface area contributed by atoms with Crippen molar-refractivity contribution in [3.05, 3.63) is 0 Å². The molecule has 0 aliphatic carbocycles. The standard InChI is InChI=1S/C11H19NO3/c1-8(2)15-11(14)10-4-6-12(7-5-10)9(3)13/h8,10H,4-7H2,1-3H3. The van der Waals surface area contributed by atoms with E-state index in [0.29, 0.717) is 13.1 Å². The summed E-state index contributed by atoms with van der Waals surface area (Å²) < 4.78 is 5.14. The molecule has 1 amide bonds. The van der Waals surface area contributed by atoms with Crippen LogP contribution in [0.2, 0.25) is 0 Å². The second kappa shape index (κ2) is 5.14. The van der Waals surface area contributed by atoms with Crippen molar-refractivity contribution in [3.8, 4) is 0 Å². The topological polar surface area (TPSA) is 46.6 Å². The fourth-order valence-electron chi connectivity index (χ4n) is 1.76. The smallest absolute Gasteiger partial charge is 0.309 e. The number of rotatable bonds is 2. The number of ether oxygens (including phenoxy) is 1. The maximum absolute atomic E-state index is 11.6. The molecule has 0 bridgehead atoms.